The number of benzene rings is 2. The first-order chi connectivity index (χ1) is 12.2. The Morgan fingerprint density at radius 3 is 2.88 bits per heavy atom. The van der Waals surface area contributed by atoms with Gasteiger partial charge in [-0.1, -0.05) is 18.2 Å². The van der Waals surface area contributed by atoms with Gasteiger partial charge < -0.3 is 19.0 Å². The third-order valence-corrected chi connectivity index (χ3v) is 3.86. The summed E-state index contributed by atoms with van der Waals surface area (Å²) in [4.78, 5) is 14.8. The van der Waals surface area contributed by atoms with E-state index in [0.717, 1.165) is 17.5 Å². The monoisotopic (exact) mass is 339 g/mol. The molecular weight excluding hydrogens is 318 g/mol. The summed E-state index contributed by atoms with van der Waals surface area (Å²) in [7, 11) is 0. The molecule has 0 fully saturated rings. The minimum atomic E-state index is -0.346. The van der Waals surface area contributed by atoms with Gasteiger partial charge in [-0.2, -0.15) is 0 Å². The lowest BCUT2D eigenvalue weighted by Gasteiger charge is -2.09. The van der Waals surface area contributed by atoms with E-state index in [1.807, 2.05) is 34.9 Å². The van der Waals surface area contributed by atoms with E-state index in [1.54, 1.807) is 25.1 Å². The number of hydrogen-bond donors (Lipinski definition) is 2. The van der Waals surface area contributed by atoms with Crippen molar-refractivity contribution in [2.75, 3.05) is 13.2 Å². The number of fused-ring (bicyclic) bond motifs is 1. The molecule has 3 aromatic rings. The molecule has 0 radical (unpaired) electrons. The molecule has 0 saturated heterocycles. The van der Waals surface area contributed by atoms with E-state index in [4.69, 9.17) is 14.9 Å². The summed E-state index contributed by atoms with van der Waals surface area (Å²) in [6.45, 7) is 3.31. The van der Waals surface area contributed by atoms with Crippen molar-refractivity contribution in [3.63, 3.8) is 0 Å². The van der Waals surface area contributed by atoms with E-state index < -0.39 is 0 Å². The van der Waals surface area contributed by atoms with Gasteiger partial charge in [0.15, 0.2) is 5.62 Å². The molecular formula is C19H21N3O3. The number of aromatic nitrogens is 2. The third-order valence-electron chi connectivity index (χ3n) is 3.86. The van der Waals surface area contributed by atoms with Crippen LogP contribution in [0, 0.1) is 5.41 Å². The van der Waals surface area contributed by atoms with Crippen LogP contribution < -0.4 is 10.4 Å². The van der Waals surface area contributed by atoms with Gasteiger partial charge >= 0.3 is 5.97 Å². The number of ether oxygens (including phenoxy) is 2. The summed E-state index contributed by atoms with van der Waals surface area (Å²) < 4.78 is 12.6. The summed E-state index contributed by atoms with van der Waals surface area (Å²) in [6, 6.07) is 14.8. The molecule has 0 bridgehead atoms. The highest BCUT2D eigenvalue weighted by molar-refractivity contribution is 5.89. The Balaban J connectivity index is 1.58. The maximum atomic E-state index is 11.7. The van der Waals surface area contributed by atoms with E-state index in [-0.39, 0.29) is 5.97 Å². The van der Waals surface area contributed by atoms with Crippen molar-refractivity contribution < 1.29 is 14.3 Å². The van der Waals surface area contributed by atoms with E-state index in [2.05, 4.69) is 4.98 Å². The minimum Gasteiger partial charge on any atom is -0.494 e. The molecule has 0 unspecified atom stereocenters. The second-order valence-electron chi connectivity index (χ2n) is 5.59. The van der Waals surface area contributed by atoms with Gasteiger partial charge in [0.2, 0.25) is 0 Å². The van der Waals surface area contributed by atoms with Crippen LogP contribution in [0.1, 0.15) is 23.7 Å². The molecule has 0 aliphatic heterocycles. The average Bonchev–Trinajstić information content (AvgIpc) is 2.94. The zero-order valence-corrected chi connectivity index (χ0v) is 14.1. The van der Waals surface area contributed by atoms with Gasteiger partial charge in [0.25, 0.3) is 0 Å². The molecule has 0 aliphatic carbocycles. The van der Waals surface area contributed by atoms with Crippen molar-refractivity contribution in [3.8, 4) is 5.75 Å². The molecule has 130 valence electrons. The Labute approximate surface area is 145 Å². The van der Waals surface area contributed by atoms with Crippen LogP contribution in [0.25, 0.3) is 11.0 Å². The molecule has 0 atom stereocenters. The van der Waals surface area contributed by atoms with Crippen molar-refractivity contribution in [3.05, 3.63) is 59.7 Å². The second-order valence-corrected chi connectivity index (χ2v) is 5.59. The molecule has 0 saturated carbocycles. The molecule has 0 aliphatic rings. The topological polar surface area (TPSA) is 80.1 Å². The highest BCUT2D eigenvalue weighted by atomic mass is 16.5. The number of aryl methyl sites for hydroxylation is 1. The molecule has 1 heterocycles. The van der Waals surface area contributed by atoms with Gasteiger partial charge in [-0.05, 0) is 43.7 Å². The fourth-order valence-corrected chi connectivity index (χ4v) is 2.70. The summed E-state index contributed by atoms with van der Waals surface area (Å²) >= 11 is 0. The molecule has 3 rings (SSSR count). The number of carbonyl (C=O) groups is 1. The van der Waals surface area contributed by atoms with Gasteiger partial charge in [0.1, 0.15) is 5.75 Å². The Morgan fingerprint density at radius 2 is 2.04 bits per heavy atom. The van der Waals surface area contributed by atoms with E-state index in [1.165, 1.54) is 0 Å². The summed E-state index contributed by atoms with van der Waals surface area (Å²) in [5.41, 5.74) is 2.83. The molecule has 1 aromatic heterocycles. The Bertz CT molecular complexity index is 927. The predicted octanol–water partition coefficient (Wildman–Crippen LogP) is 3.09. The summed E-state index contributed by atoms with van der Waals surface area (Å²) in [6.07, 6.45) is 0.752. The van der Waals surface area contributed by atoms with Crippen LogP contribution in [0.5, 0.6) is 5.75 Å². The van der Waals surface area contributed by atoms with Crippen molar-refractivity contribution in [2.45, 2.75) is 19.9 Å². The fraction of sp³-hybridized carbons (Fsp3) is 0.263. The number of nitrogens with one attached hydrogen (secondary N) is 2. The maximum absolute atomic E-state index is 11.7. The zero-order valence-electron chi connectivity index (χ0n) is 14.1. The van der Waals surface area contributed by atoms with Crippen molar-refractivity contribution >= 4 is 17.0 Å². The normalized spacial score (nSPS) is 10.8. The molecule has 2 N–H and O–H groups in total. The summed E-state index contributed by atoms with van der Waals surface area (Å²) in [5, 5.41) is 8.03. The summed E-state index contributed by atoms with van der Waals surface area (Å²) in [5.74, 6) is 0.293. The fourth-order valence-electron chi connectivity index (χ4n) is 2.70. The van der Waals surface area contributed by atoms with Crippen LogP contribution in [-0.2, 0) is 11.3 Å². The molecule has 2 aromatic carbocycles. The van der Waals surface area contributed by atoms with Crippen LogP contribution in [-0.4, -0.2) is 28.7 Å². The average molecular weight is 339 g/mol. The van der Waals surface area contributed by atoms with Crippen molar-refractivity contribution in [1.82, 2.24) is 9.55 Å². The van der Waals surface area contributed by atoms with Crippen LogP contribution in [0.4, 0.5) is 0 Å². The highest BCUT2D eigenvalue weighted by Crippen LogP contribution is 2.15. The standard InChI is InChI=1S/C19H21N3O3/c1-2-24-18(23)14-7-5-8-15(13-14)25-12-6-11-22-17-10-4-3-9-16(17)21-19(22)20/h3-5,7-10,13H,2,6,11-12H2,1H3,(H2,20,21). The highest BCUT2D eigenvalue weighted by Gasteiger charge is 2.07. The molecule has 0 amide bonds. The van der Waals surface area contributed by atoms with E-state index in [9.17, 15) is 4.79 Å². The second kappa shape index (κ2) is 7.70. The Kier molecular flexibility index (Phi) is 5.18. The Hall–Kier alpha value is -3.02. The first-order valence-electron chi connectivity index (χ1n) is 8.31. The molecule has 0 spiro atoms. The zero-order chi connectivity index (χ0) is 17.6. The van der Waals surface area contributed by atoms with E-state index in [0.29, 0.717) is 36.7 Å². The van der Waals surface area contributed by atoms with E-state index >= 15 is 0 Å². The minimum absolute atomic E-state index is 0.346. The number of H-pyrrole nitrogens is 1. The lowest BCUT2D eigenvalue weighted by molar-refractivity contribution is 0.0526. The number of rotatable bonds is 7. The van der Waals surface area contributed by atoms with Crippen LogP contribution in [0.15, 0.2) is 48.5 Å². The molecule has 6 heteroatoms. The largest absolute Gasteiger partial charge is 0.494 e. The van der Waals surface area contributed by atoms with Crippen LogP contribution in [0.2, 0.25) is 0 Å². The Morgan fingerprint density at radius 1 is 1.20 bits per heavy atom. The SMILES string of the molecule is CCOC(=O)c1cccc(OCCCn2c(=N)[nH]c3ccccc32)c1. The molecule has 6 nitrogen and oxygen atoms in total. The molecule has 25 heavy (non-hydrogen) atoms. The first kappa shape index (κ1) is 16.8. The lowest BCUT2D eigenvalue weighted by atomic mass is 10.2. The number of hydrogen-bond acceptors (Lipinski definition) is 4. The van der Waals surface area contributed by atoms with Gasteiger partial charge in [0.05, 0.1) is 29.8 Å². The van der Waals surface area contributed by atoms with Crippen molar-refractivity contribution in [2.24, 2.45) is 0 Å². The first-order valence-corrected chi connectivity index (χ1v) is 8.31. The van der Waals surface area contributed by atoms with Crippen molar-refractivity contribution in [1.29, 1.82) is 5.41 Å². The number of esters is 1. The van der Waals surface area contributed by atoms with Crippen LogP contribution in [0.3, 0.4) is 0 Å². The third kappa shape index (κ3) is 3.91. The van der Waals surface area contributed by atoms with Crippen LogP contribution >= 0.6 is 0 Å². The van der Waals surface area contributed by atoms with Gasteiger partial charge in [0, 0.05) is 6.54 Å². The van der Waals surface area contributed by atoms with Gasteiger partial charge in [-0.15, -0.1) is 0 Å². The number of aromatic amines is 1. The quantitative estimate of drug-likeness (QED) is 0.513. The number of carbonyl (C=O) groups excluding carboxylic acids is 1. The smallest absolute Gasteiger partial charge is 0.338 e. The number of para-hydroxylation sites is 2. The van der Waals surface area contributed by atoms with Gasteiger partial charge in [-0.25, -0.2) is 4.79 Å². The van der Waals surface area contributed by atoms with Gasteiger partial charge in [-0.3, -0.25) is 5.41 Å². The predicted molar refractivity (Wildman–Crippen MR) is 94.7 cm³/mol. The number of imidazole rings is 1. The maximum Gasteiger partial charge on any atom is 0.338 e. The lowest BCUT2D eigenvalue weighted by Crippen LogP contribution is -2.18. The number of nitrogens with zero attached hydrogens (tertiary/aromatic N) is 1.